The van der Waals surface area contributed by atoms with Crippen molar-refractivity contribution in [1.29, 1.82) is 0 Å². The lowest BCUT2D eigenvalue weighted by Gasteiger charge is -2.34. The molecule has 0 amide bonds. The molecule has 2 aliphatic heterocycles. The number of hydrogen-bond donors (Lipinski definition) is 1. The molecule has 104 valence electrons. The van der Waals surface area contributed by atoms with E-state index in [-0.39, 0.29) is 0 Å². The molecule has 1 saturated carbocycles. The lowest BCUT2D eigenvalue weighted by molar-refractivity contribution is 0.0881. The van der Waals surface area contributed by atoms with Gasteiger partial charge in [-0.2, -0.15) is 0 Å². The van der Waals surface area contributed by atoms with Crippen molar-refractivity contribution in [1.82, 2.24) is 10.2 Å². The van der Waals surface area contributed by atoms with Crippen molar-refractivity contribution in [2.24, 2.45) is 5.92 Å². The third-order valence-corrected chi connectivity index (χ3v) is 5.00. The van der Waals surface area contributed by atoms with Gasteiger partial charge in [0.05, 0.1) is 6.10 Å². The molecule has 0 bridgehead atoms. The van der Waals surface area contributed by atoms with Crippen molar-refractivity contribution in [2.75, 3.05) is 32.8 Å². The van der Waals surface area contributed by atoms with Crippen LogP contribution >= 0.6 is 0 Å². The first-order valence-corrected chi connectivity index (χ1v) is 7.85. The van der Waals surface area contributed by atoms with Crippen LogP contribution < -0.4 is 5.32 Å². The van der Waals surface area contributed by atoms with E-state index in [4.69, 9.17) is 4.74 Å². The fourth-order valence-corrected chi connectivity index (χ4v) is 3.66. The number of nitrogens with zero attached hydrogens (tertiary/aromatic N) is 1. The summed E-state index contributed by atoms with van der Waals surface area (Å²) < 4.78 is 5.74. The molecule has 3 aliphatic rings. The van der Waals surface area contributed by atoms with Gasteiger partial charge in [0, 0.05) is 25.2 Å². The molecular formula is C15H28N2O. The molecule has 1 N–H and O–H groups in total. The highest BCUT2D eigenvalue weighted by Crippen LogP contribution is 2.40. The molecule has 2 unspecified atom stereocenters. The first-order valence-electron chi connectivity index (χ1n) is 7.85. The van der Waals surface area contributed by atoms with E-state index in [1.165, 1.54) is 64.7 Å². The van der Waals surface area contributed by atoms with Crippen LogP contribution in [0.1, 0.15) is 45.4 Å². The van der Waals surface area contributed by atoms with Gasteiger partial charge < -0.3 is 15.0 Å². The number of rotatable bonds is 4. The largest absolute Gasteiger partial charge is 0.378 e. The van der Waals surface area contributed by atoms with E-state index < -0.39 is 0 Å². The second-order valence-electron chi connectivity index (χ2n) is 6.67. The lowest BCUT2D eigenvalue weighted by atomic mass is 9.95. The quantitative estimate of drug-likeness (QED) is 0.828. The SMILES string of the molecule is CC1(C2CC2)CN(CCC2CCCO2)CCCN1. The normalized spacial score (nSPS) is 38.8. The van der Waals surface area contributed by atoms with E-state index in [1.807, 2.05) is 0 Å². The summed E-state index contributed by atoms with van der Waals surface area (Å²) >= 11 is 0. The van der Waals surface area contributed by atoms with E-state index in [9.17, 15) is 0 Å². The summed E-state index contributed by atoms with van der Waals surface area (Å²) in [5, 5.41) is 3.80. The average molecular weight is 252 g/mol. The van der Waals surface area contributed by atoms with Crippen LogP contribution in [0.3, 0.4) is 0 Å². The van der Waals surface area contributed by atoms with E-state index >= 15 is 0 Å². The van der Waals surface area contributed by atoms with Gasteiger partial charge in [0.25, 0.3) is 0 Å². The summed E-state index contributed by atoms with van der Waals surface area (Å²) in [7, 11) is 0. The second-order valence-corrected chi connectivity index (χ2v) is 6.67. The van der Waals surface area contributed by atoms with Gasteiger partial charge in [0.15, 0.2) is 0 Å². The van der Waals surface area contributed by atoms with Crippen molar-refractivity contribution in [3.63, 3.8) is 0 Å². The smallest absolute Gasteiger partial charge is 0.0588 e. The highest BCUT2D eigenvalue weighted by atomic mass is 16.5. The van der Waals surface area contributed by atoms with Gasteiger partial charge in [-0.25, -0.2) is 0 Å². The molecule has 2 atom stereocenters. The second kappa shape index (κ2) is 5.48. The lowest BCUT2D eigenvalue weighted by Crippen LogP contribution is -2.51. The topological polar surface area (TPSA) is 24.5 Å². The Morgan fingerprint density at radius 2 is 2.17 bits per heavy atom. The number of ether oxygens (including phenoxy) is 1. The van der Waals surface area contributed by atoms with Gasteiger partial charge in [0.2, 0.25) is 0 Å². The Bertz CT molecular complexity index is 274. The monoisotopic (exact) mass is 252 g/mol. The summed E-state index contributed by atoms with van der Waals surface area (Å²) in [6.07, 6.45) is 8.51. The van der Waals surface area contributed by atoms with Crippen LogP contribution in [0.15, 0.2) is 0 Å². The molecule has 2 saturated heterocycles. The summed E-state index contributed by atoms with van der Waals surface area (Å²) in [4.78, 5) is 2.68. The Kier molecular flexibility index (Phi) is 3.92. The first kappa shape index (κ1) is 12.9. The van der Waals surface area contributed by atoms with E-state index in [2.05, 4.69) is 17.1 Å². The van der Waals surface area contributed by atoms with E-state index in [0.29, 0.717) is 11.6 Å². The zero-order valence-electron chi connectivity index (χ0n) is 11.8. The summed E-state index contributed by atoms with van der Waals surface area (Å²) in [6, 6.07) is 0. The maximum atomic E-state index is 5.74. The highest BCUT2D eigenvalue weighted by molar-refractivity contribution is 5.01. The van der Waals surface area contributed by atoms with Gasteiger partial charge in [-0.05, 0) is 64.5 Å². The molecule has 3 fully saturated rings. The highest BCUT2D eigenvalue weighted by Gasteiger charge is 2.42. The van der Waals surface area contributed by atoms with Crippen LogP contribution in [-0.2, 0) is 4.74 Å². The standard InChI is InChI=1S/C15H28N2O/c1-15(13-5-6-13)12-17(9-3-8-16-15)10-7-14-4-2-11-18-14/h13-14,16H,2-12H2,1H3. The molecule has 3 rings (SSSR count). The van der Waals surface area contributed by atoms with Gasteiger partial charge in [-0.1, -0.05) is 0 Å². The first-order chi connectivity index (χ1) is 8.76. The van der Waals surface area contributed by atoms with E-state index in [1.54, 1.807) is 0 Å². The Morgan fingerprint density at radius 1 is 1.28 bits per heavy atom. The van der Waals surface area contributed by atoms with Crippen LogP contribution in [0.5, 0.6) is 0 Å². The van der Waals surface area contributed by atoms with Crippen LogP contribution in [0, 0.1) is 5.92 Å². The molecule has 0 aromatic rings. The van der Waals surface area contributed by atoms with Gasteiger partial charge in [-0.3, -0.25) is 0 Å². The average Bonchev–Trinajstić information content (AvgIpc) is 3.12. The third kappa shape index (κ3) is 3.06. The maximum absolute atomic E-state index is 5.74. The molecule has 0 aromatic heterocycles. The van der Waals surface area contributed by atoms with Crippen molar-refractivity contribution in [3.05, 3.63) is 0 Å². The Morgan fingerprint density at radius 3 is 2.89 bits per heavy atom. The van der Waals surface area contributed by atoms with Crippen molar-refractivity contribution >= 4 is 0 Å². The maximum Gasteiger partial charge on any atom is 0.0588 e. The Labute approximate surface area is 111 Å². The molecule has 0 spiro atoms. The van der Waals surface area contributed by atoms with Crippen LogP contribution in [-0.4, -0.2) is 49.3 Å². The summed E-state index contributed by atoms with van der Waals surface area (Å²) in [6.45, 7) is 8.37. The van der Waals surface area contributed by atoms with Crippen LogP contribution in [0.4, 0.5) is 0 Å². The minimum atomic E-state index is 0.382. The summed E-state index contributed by atoms with van der Waals surface area (Å²) in [5.41, 5.74) is 0.382. The Balaban J connectivity index is 1.50. The molecule has 3 nitrogen and oxygen atoms in total. The fourth-order valence-electron chi connectivity index (χ4n) is 3.66. The molecule has 0 aromatic carbocycles. The molecular weight excluding hydrogens is 224 g/mol. The molecule has 0 radical (unpaired) electrons. The number of hydrogen-bond acceptors (Lipinski definition) is 3. The van der Waals surface area contributed by atoms with Gasteiger partial charge >= 0.3 is 0 Å². The van der Waals surface area contributed by atoms with Crippen molar-refractivity contribution < 1.29 is 4.74 Å². The van der Waals surface area contributed by atoms with Crippen molar-refractivity contribution in [3.8, 4) is 0 Å². The molecule has 18 heavy (non-hydrogen) atoms. The minimum absolute atomic E-state index is 0.382. The zero-order valence-corrected chi connectivity index (χ0v) is 11.8. The minimum Gasteiger partial charge on any atom is -0.378 e. The van der Waals surface area contributed by atoms with Gasteiger partial charge in [-0.15, -0.1) is 0 Å². The number of nitrogens with one attached hydrogen (secondary N) is 1. The van der Waals surface area contributed by atoms with E-state index in [0.717, 1.165) is 12.5 Å². The van der Waals surface area contributed by atoms with Gasteiger partial charge in [0.1, 0.15) is 0 Å². The third-order valence-electron chi connectivity index (χ3n) is 5.00. The fraction of sp³-hybridized carbons (Fsp3) is 1.00. The molecule has 3 heteroatoms. The summed E-state index contributed by atoms with van der Waals surface area (Å²) in [5.74, 6) is 0.931. The van der Waals surface area contributed by atoms with Crippen LogP contribution in [0.25, 0.3) is 0 Å². The molecule has 2 heterocycles. The zero-order chi connectivity index (χ0) is 12.4. The van der Waals surface area contributed by atoms with Crippen LogP contribution in [0.2, 0.25) is 0 Å². The predicted molar refractivity (Wildman–Crippen MR) is 73.8 cm³/mol. The van der Waals surface area contributed by atoms with Crippen molar-refractivity contribution in [2.45, 2.75) is 57.1 Å². The predicted octanol–water partition coefficient (Wildman–Crippen LogP) is 2.02. The Hall–Kier alpha value is -0.120. The molecule has 1 aliphatic carbocycles.